The second-order valence-electron chi connectivity index (χ2n) is 4.18. The Morgan fingerprint density at radius 1 is 1.40 bits per heavy atom. The van der Waals surface area contributed by atoms with Crippen LogP contribution in [0.3, 0.4) is 0 Å². The molecule has 4 heteroatoms. The number of amides is 1. The van der Waals surface area contributed by atoms with Gasteiger partial charge in [0.05, 0.1) is 12.2 Å². The van der Waals surface area contributed by atoms with Crippen LogP contribution in [-0.4, -0.2) is 38.4 Å². The lowest BCUT2D eigenvalue weighted by Crippen LogP contribution is -2.36. The van der Waals surface area contributed by atoms with Crippen LogP contribution in [0.15, 0.2) is 0 Å². The van der Waals surface area contributed by atoms with Gasteiger partial charge in [0.25, 0.3) is 0 Å². The van der Waals surface area contributed by atoms with Gasteiger partial charge in [-0.15, -0.1) is 0 Å². The number of hydrogen-bond acceptors (Lipinski definition) is 3. The van der Waals surface area contributed by atoms with Gasteiger partial charge in [-0.2, -0.15) is 0 Å². The SMILES string of the molecule is CCCCNC(=O)COC(C)(C)COC. The minimum absolute atomic E-state index is 0.0624. The highest BCUT2D eigenvalue weighted by Crippen LogP contribution is 2.08. The normalized spacial score (nSPS) is 11.5. The van der Waals surface area contributed by atoms with Gasteiger partial charge in [-0.05, 0) is 20.3 Å². The summed E-state index contributed by atoms with van der Waals surface area (Å²) in [4.78, 5) is 11.3. The van der Waals surface area contributed by atoms with Crippen molar-refractivity contribution in [3.63, 3.8) is 0 Å². The van der Waals surface area contributed by atoms with Crippen molar-refractivity contribution in [1.82, 2.24) is 5.32 Å². The van der Waals surface area contributed by atoms with Crippen LogP contribution >= 0.6 is 0 Å². The van der Waals surface area contributed by atoms with Gasteiger partial charge in [0.1, 0.15) is 6.61 Å². The molecule has 0 saturated carbocycles. The number of nitrogens with one attached hydrogen (secondary N) is 1. The third-order valence-electron chi connectivity index (χ3n) is 1.94. The monoisotopic (exact) mass is 217 g/mol. The summed E-state index contributed by atoms with van der Waals surface area (Å²) in [6, 6.07) is 0. The highest BCUT2D eigenvalue weighted by atomic mass is 16.5. The number of ether oxygens (including phenoxy) is 2. The van der Waals surface area contributed by atoms with E-state index in [0.717, 1.165) is 19.4 Å². The molecule has 0 radical (unpaired) electrons. The molecule has 0 aromatic heterocycles. The fourth-order valence-electron chi connectivity index (χ4n) is 1.11. The van der Waals surface area contributed by atoms with E-state index in [-0.39, 0.29) is 12.5 Å². The van der Waals surface area contributed by atoms with Crippen molar-refractivity contribution >= 4 is 5.91 Å². The summed E-state index contributed by atoms with van der Waals surface area (Å²) in [6.45, 7) is 7.19. The van der Waals surface area contributed by atoms with E-state index in [1.54, 1.807) is 7.11 Å². The number of carbonyl (C=O) groups is 1. The molecule has 0 atom stereocenters. The van der Waals surface area contributed by atoms with E-state index in [0.29, 0.717) is 6.61 Å². The lowest BCUT2D eigenvalue weighted by Gasteiger charge is -2.23. The van der Waals surface area contributed by atoms with E-state index >= 15 is 0 Å². The molecule has 0 aliphatic heterocycles. The van der Waals surface area contributed by atoms with E-state index in [1.165, 1.54) is 0 Å². The fourth-order valence-corrected chi connectivity index (χ4v) is 1.11. The standard InChI is InChI=1S/C11H23NO3/c1-5-6-7-12-10(13)8-15-11(2,3)9-14-4/h5-9H2,1-4H3,(H,12,13). The van der Waals surface area contributed by atoms with E-state index in [2.05, 4.69) is 12.2 Å². The maximum atomic E-state index is 11.3. The first-order valence-corrected chi connectivity index (χ1v) is 5.41. The van der Waals surface area contributed by atoms with Crippen LogP contribution in [0.4, 0.5) is 0 Å². The smallest absolute Gasteiger partial charge is 0.246 e. The van der Waals surface area contributed by atoms with Crippen molar-refractivity contribution in [1.29, 1.82) is 0 Å². The van der Waals surface area contributed by atoms with E-state index < -0.39 is 5.60 Å². The van der Waals surface area contributed by atoms with Gasteiger partial charge in [-0.1, -0.05) is 13.3 Å². The van der Waals surface area contributed by atoms with Crippen LogP contribution in [0.1, 0.15) is 33.6 Å². The van der Waals surface area contributed by atoms with Crippen LogP contribution in [0.2, 0.25) is 0 Å². The number of hydrogen-bond donors (Lipinski definition) is 1. The van der Waals surface area contributed by atoms with E-state index in [4.69, 9.17) is 9.47 Å². The minimum atomic E-state index is -0.406. The molecule has 15 heavy (non-hydrogen) atoms. The average Bonchev–Trinajstić information content (AvgIpc) is 2.15. The third kappa shape index (κ3) is 8.39. The maximum Gasteiger partial charge on any atom is 0.246 e. The Labute approximate surface area is 92.3 Å². The summed E-state index contributed by atoms with van der Waals surface area (Å²) in [5.41, 5.74) is -0.406. The molecular weight excluding hydrogens is 194 g/mol. The molecule has 0 aliphatic rings. The lowest BCUT2D eigenvalue weighted by atomic mass is 10.1. The number of unbranched alkanes of at least 4 members (excludes halogenated alkanes) is 1. The highest BCUT2D eigenvalue weighted by molar-refractivity contribution is 5.77. The molecule has 0 spiro atoms. The van der Waals surface area contributed by atoms with Gasteiger partial charge in [-0.25, -0.2) is 0 Å². The second-order valence-corrected chi connectivity index (χ2v) is 4.18. The zero-order valence-electron chi connectivity index (χ0n) is 10.3. The quantitative estimate of drug-likeness (QED) is 0.624. The highest BCUT2D eigenvalue weighted by Gasteiger charge is 2.19. The van der Waals surface area contributed by atoms with Crippen molar-refractivity contribution in [2.75, 3.05) is 26.9 Å². The predicted octanol–water partition coefficient (Wildman–Crippen LogP) is 1.34. The summed E-state index contributed by atoms with van der Waals surface area (Å²) in [6.07, 6.45) is 2.09. The zero-order valence-corrected chi connectivity index (χ0v) is 10.3. The summed E-state index contributed by atoms with van der Waals surface area (Å²) in [5.74, 6) is -0.0624. The maximum absolute atomic E-state index is 11.3. The van der Waals surface area contributed by atoms with Crippen LogP contribution in [-0.2, 0) is 14.3 Å². The topological polar surface area (TPSA) is 47.6 Å². The van der Waals surface area contributed by atoms with Crippen LogP contribution in [0, 0.1) is 0 Å². The molecule has 1 N–H and O–H groups in total. The predicted molar refractivity (Wildman–Crippen MR) is 59.8 cm³/mol. The largest absolute Gasteiger partial charge is 0.382 e. The lowest BCUT2D eigenvalue weighted by molar-refractivity contribution is -0.134. The van der Waals surface area contributed by atoms with Gasteiger partial charge in [0, 0.05) is 13.7 Å². The molecule has 0 unspecified atom stereocenters. The molecule has 0 aliphatic carbocycles. The molecule has 0 saturated heterocycles. The Morgan fingerprint density at radius 3 is 2.60 bits per heavy atom. The molecule has 0 heterocycles. The second kappa shape index (κ2) is 7.65. The molecule has 0 aromatic carbocycles. The number of carbonyl (C=O) groups excluding carboxylic acids is 1. The molecule has 90 valence electrons. The van der Waals surface area contributed by atoms with Gasteiger partial charge >= 0.3 is 0 Å². The Kier molecular flexibility index (Phi) is 7.34. The first-order valence-electron chi connectivity index (χ1n) is 5.41. The third-order valence-corrected chi connectivity index (χ3v) is 1.94. The Morgan fingerprint density at radius 2 is 2.07 bits per heavy atom. The zero-order chi connectivity index (χ0) is 11.7. The molecule has 4 nitrogen and oxygen atoms in total. The van der Waals surface area contributed by atoms with Gasteiger partial charge in [0.15, 0.2) is 0 Å². The Bertz CT molecular complexity index is 181. The van der Waals surface area contributed by atoms with Gasteiger partial charge < -0.3 is 14.8 Å². The van der Waals surface area contributed by atoms with E-state index in [9.17, 15) is 4.79 Å². The molecule has 0 rings (SSSR count). The number of rotatable bonds is 8. The molecule has 0 aromatic rings. The molecule has 0 fully saturated rings. The van der Waals surface area contributed by atoms with Crippen LogP contribution in [0.25, 0.3) is 0 Å². The average molecular weight is 217 g/mol. The van der Waals surface area contributed by atoms with E-state index in [1.807, 2.05) is 13.8 Å². The Hall–Kier alpha value is -0.610. The fraction of sp³-hybridized carbons (Fsp3) is 0.909. The molecule has 1 amide bonds. The summed E-state index contributed by atoms with van der Waals surface area (Å²) in [7, 11) is 1.62. The van der Waals surface area contributed by atoms with Crippen LogP contribution < -0.4 is 5.32 Å². The minimum Gasteiger partial charge on any atom is -0.382 e. The van der Waals surface area contributed by atoms with Crippen molar-refractivity contribution in [2.45, 2.75) is 39.2 Å². The van der Waals surface area contributed by atoms with Crippen molar-refractivity contribution in [3.05, 3.63) is 0 Å². The van der Waals surface area contributed by atoms with Crippen molar-refractivity contribution < 1.29 is 14.3 Å². The first-order chi connectivity index (χ1) is 7.02. The van der Waals surface area contributed by atoms with Crippen molar-refractivity contribution in [3.8, 4) is 0 Å². The summed E-state index contributed by atoms with van der Waals surface area (Å²) < 4.78 is 10.4. The number of methoxy groups -OCH3 is 1. The van der Waals surface area contributed by atoms with Gasteiger partial charge in [0.2, 0.25) is 5.91 Å². The summed E-state index contributed by atoms with van der Waals surface area (Å²) in [5, 5.41) is 2.79. The molecular formula is C11H23NO3. The molecule has 0 bridgehead atoms. The first kappa shape index (κ1) is 14.4. The van der Waals surface area contributed by atoms with Gasteiger partial charge in [-0.3, -0.25) is 4.79 Å². The van der Waals surface area contributed by atoms with Crippen molar-refractivity contribution in [2.24, 2.45) is 0 Å². The Balaban J connectivity index is 3.60. The summed E-state index contributed by atoms with van der Waals surface area (Å²) >= 11 is 0. The van der Waals surface area contributed by atoms with Crippen LogP contribution in [0.5, 0.6) is 0 Å².